The second kappa shape index (κ2) is 5.40. The Morgan fingerprint density at radius 3 is 2.19 bits per heavy atom. The molecule has 0 aliphatic heterocycles. The molecule has 1 atom stereocenters. The molecule has 0 heterocycles. The first kappa shape index (κ1) is 14.5. The van der Waals surface area contributed by atoms with Crippen molar-refractivity contribution in [2.45, 2.75) is 0 Å². The first-order chi connectivity index (χ1) is 7.24. The second-order valence-electron chi connectivity index (χ2n) is 3.13. The summed E-state index contributed by atoms with van der Waals surface area (Å²) in [6.07, 6.45) is 0. The van der Waals surface area contributed by atoms with Crippen LogP contribution in [0, 0.1) is 0 Å². The third-order valence-corrected chi connectivity index (χ3v) is 5.36. The zero-order valence-corrected chi connectivity index (χ0v) is 12.4. The molecule has 1 N–H and O–H groups in total. The predicted octanol–water partition coefficient (Wildman–Crippen LogP) is 3.80. The molecule has 16 heavy (non-hydrogen) atoms. The lowest BCUT2D eigenvalue weighted by Crippen LogP contribution is -2.11. The maximum absolute atomic E-state index is 9.82. The summed E-state index contributed by atoms with van der Waals surface area (Å²) < 4.78 is 6.68. The molecule has 0 aliphatic rings. The molecule has 1 aromatic carbocycles. The van der Waals surface area contributed by atoms with Gasteiger partial charge in [0.2, 0.25) is 0 Å². The molecule has 0 amide bonds. The van der Waals surface area contributed by atoms with Gasteiger partial charge in [0, 0.05) is 6.07 Å². The number of halogens is 3. The van der Waals surface area contributed by atoms with E-state index < -0.39 is 6.64 Å². The molecule has 0 spiro atoms. The van der Waals surface area contributed by atoms with E-state index >= 15 is 0 Å². The monoisotopic (exact) mass is 319 g/mol. The Bertz CT molecular complexity index is 455. The number of nitrogens with zero attached hydrogens (tertiary/aromatic N) is 1. The molecule has 90 valence electrons. The molecule has 0 aliphatic carbocycles. The van der Waals surface area contributed by atoms with Gasteiger partial charge in [-0.25, -0.2) is 4.67 Å². The van der Waals surface area contributed by atoms with Gasteiger partial charge in [-0.05, 0) is 32.0 Å². The Balaban J connectivity index is 3.07. The molecule has 0 fully saturated rings. The van der Waals surface area contributed by atoms with Crippen molar-refractivity contribution in [1.29, 1.82) is 0 Å². The van der Waals surface area contributed by atoms with E-state index in [9.17, 15) is 4.89 Å². The molecular formula is C8H9Cl3NO2PS. The van der Waals surface area contributed by atoms with Gasteiger partial charge in [0.25, 0.3) is 0 Å². The standard InChI is InChI=1S/C8H9Cl3NO2PS/c1-12(2)15(13,16)14-8-4-6(10)5(9)3-7(8)11/h3-4H,1-2H3,(H,13,16). The first-order valence-electron chi connectivity index (χ1n) is 4.09. The molecule has 0 bridgehead atoms. The van der Waals surface area contributed by atoms with Gasteiger partial charge in [-0.15, -0.1) is 0 Å². The van der Waals surface area contributed by atoms with Crippen LogP contribution >= 0.6 is 41.4 Å². The number of hydrogen-bond acceptors (Lipinski definition) is 2. The van der Waals surface area contributed by atoms with Gasteiger partial charge in [-0.2, -0.15) is 0 Å². The lowest BCUT2D eigenvalue weighted by atomic mass is 10.3. The molecule has 0 aromatic heterocycles. The van der Waals surface area contributed by atoms with Gasteiger partial charge >= 0.3 is 6.64 Å². The van der Waals surface area contributed by atoms with E-state index in [2.05, 4.69) is 0 Å². The van der Waals surface area contributed by atoms with Crippen LogP contribution in [0.5, 0.6) is 5.75 Å². The van der Waals surface area contributed by atoms with Crippen molar-refractivity contribution >= 4 is 53.3 Å². The van der Waals surface area contributed by atoms with Crippen LogP contribution in [-0.2, 0) is 11.8 Å². The fourth-order valence-corrected chi connectivity index (χ4v) is 2.22. The predicted molar refractivity (Wildman–Crippen MR) is 72.3 cm³/mol. The summed E-state index contributed by atoms with van der Waals surface area (Å²) in [5, 5.41) is 0.851. The van der Waals surface area contributed by atoms with Crippen molar-refractivity contribution in [3.05, 3.63) is 27.2 Å². The average molecular weight is 321 g/mol. The van der Waals surface area contributed by atoms with Crippen molar-refractivity contribution in [3.8, 4) is 5.75 Å². The minimum absolute atomic E-state index is 0.218. The molecule has 0 radical (unpaired) electrons. The van der Waals surface area contributed by atoms with Crippen LogP contribution in [0.15, 0.2) is 12.1 Å². The van der Waals surface area contributed by atoms with Gasteiger partial charge in [-0.3, -0.25) is 0 Å². The van der Waals surface area contributed by atoms with Gasteiger partial charge in [0.1, 0.15) is 5.75 Å². The van der Waals surface area contributed by atoms with Crippen LogP contribution < -0.4 is 4.52 Å². The van der Waals surface area contributed by atoms with Crippen LogP contribution in [0.25, 0.3) is 0 Å². The van der Waals surface area contributed by atoms with Crippen molar-refractivity contribution < 1.29 is 9.42 Å². The van der Waals surface area contributed by atoms with E-state index in [1.807, 2.05) is 0 Å². The van der Waals surface area contributed by atoms with Gasteiger partial charge in [0.05, 0.1) is 15.1 Å². The second-order valence-corrected chi connectivity index (χ2v) is 7.74. The highest BCUT2D eigenvalue weighted by molar-refractivity contribution is 8.08. The van der Waals surface area contributed by atoms with Crippen molar-refractivity contribution in [3.63, 3.8) is 0 Å². The summed E-state index contributed by atoms with van der Waals surface area (Å²) in [6.45, 7) is -3.07. The normalized spacial score (nSPS) is 14.9. The Labute approximate surface area is 114 Å². The third kappa shape index (κ3) is 3.47. The Morgan fingerprint density at radius 1 is 1.19 bits per heavy atom. The smallest absolute Gasteiger partial charge is 0.312 e. The zero-order valence-electron chi connectivity index (χ0n) is 8.45. The number of hydrogen-bond donors (Lipinski definition) is 1. The molecule has 3 nitrogen and oxygen atoms in total. The van der Waals surface area contributed by atoms with E-state index in [1.54, 1.807) is 14.1 Å². The highest BCUT2D eigenvalue weighted by Crippen LogP contribution is 2.47. The maximum atomic E-state index is 9.82. The summed E-state index contributed by atoms with van der Waals surface area (Å²) in [5.74, 6) is 0.218. The van der Waals surface area contributed by atoms with Crippen LogP contribution in [0.1, 0.15) is 0 Å². The number of rotatable bonds is 3. The Kier molecular flexibility index (Phi) is 4.90. The van der Waals surface area contributed by atoms with E-state index in [0.29, 0.717) is 5.02 Å². The van der Waals surface area contributed by atoms with Gasteiger partial charge in [0.15, 0.2) is 0 Å². The molecule has 1 aromatic rings. The third-order valence-electron chi connectivity index (χ3n) is 1.70. The minimum atomic E-state index is -3.07. The summed E-state index contributed by atoms with van der Waals surface area (Å²) in [4.78, 5) is 9.82. The van der Waals surface area contributed by atoms with Crippen molar-refractivity contribution in [2.75, 3.05) is 14.1 Å². The highest BCUT2D eigenvalue weighted by atomic mass is 35.5. The van der Waals surface area contributed by atoms with Crippen LogP contribution in [0.4, 0.5) is 0 Å². The fraction of sp³-hybridized carbons (Fsp3) is 0.250. The summed E-state index contributed by atoms with van der Waals surface area (Å²) >= 11 is 22.4. The first-order valence-corrected chi connectivity index (χ1v) is 7.84. The van der Waals surface area contributed by atoms with Crippen LogP contribution in [0.3, 0.4) is 0 Å². The van der Waals surface area contributed by atoms with Crippen molar-refractivity contribution in [1.82, 2.24) is 4.67 Å². The van der Waals surface area contributed by atoms with E-state index in [4.69, 9.17) is 51.1 Å². The zero-order chi connectivity index (χ0) is 12.5. The van der Waals surface area contributed by atoms with Crippen molar-refractivity contribution in [2.24, 2.45) is 0 Å². The molecule has 8 heteroatoms. The highest BCUT2D eigenvalue weighted by Gasteiger charge is 2.20. The average Bonchev–Trinajstić information content (AvgIpc) is 2.13. The van der Waals surface area contributed by atoms with E-state index in [0.717, 1.165) is 0 Å². The van der Waals surface area contributed by atoms with Gasteiger partial charge in [-0.1, -0.05) is 34.8 Å². The Morgan fingerprint density at radius 2 is 1.69 bits per heavy atom. The quantitative estimate of drug-likeness (QED) is 0.678. The molecule has 0 saturated carbocycles. The summed E-state index contributed by atoms with van der Waals surface area (Å²) in [6, 6.07) is 2.86. The minimum Gasteiger partial charge on any atom is -0.431 e. The summed E-state index contributed by atoms with van der Waals surface area (Å²) in [7, 11) is 3.23. The van der Waals surface area contributed by atoms with Gasteiger partial charge < -0.3 is 9.42 Å². The van der Waals surface area contributed by atoms with E-state index in [1.165, 1.54) is 16.8 Å². The summed E-state index contributed by atoms with van der Waals surface area (Å²) in [5.41, 5.74) is 0. The lowest BCUT2D eigenvalue weighted by Gasteiger charge is -2.23. The maximum Gasteiger partial charge on any atom is 0.312 e. The lowest BCUT2D eigenvalue weighted by molar-refractivity contribution is 0.409. The Hall–Kier alpha value is 0.460. The largest absolute Gasteiger partial charge is 0.431 e. The SMILES string of the molecule is CN(C)P(O)(=S)Oc1cc(Cl)c(Cl)cc1Cl. The molecule has 0 saturated heterocycles. The molecular weight excluding hydrogens is 311 g/mol. The fourth-order valence-electron chi connectivity index (χ4n) is 0.784. The van der Waals surface area contributed by atoms with Crippen LogP contribution in [0.2, 0.25) is 15.1 Å². The molecule has 1 unspecified atom stereocenters. The van der Waals surface area contributed by atoms with E-state index in [-0.39, 0.29) is 15.8 Å². The number of benzene rings is 1. The van der Waals surface area contributed by atoms with Crippen LogP contribution in [-0.4, -0.2) is 23.7 Å². The topological polar surface area (TPSA) is 32.7 Å². The molecule has 1 rings (SSSR count).